The van der Waals surface area contributed by atoms with Gasteiger partial charge < -0.3 is 25.8 Å². The summed E-state index contributed by atoms with van der Waals surface area (Å²) >= 11 is 6.08. The van der Waals surface area contributed by atoms with Crippen LogP contribution in [0.25, 0.3) is 11.6 Å². The smallest absolute Gasteiger partial charge is 0.256 e. The zero-order valence-electron chi connectivity index (χ0n) is 21.6. The van der Waals surface area contributed by atoms with Gasteiger partial charge in [0, 0.05) is 36.1 Å². The number of amides is 2. The van der Waals surface area contributed by atoms with E-state index in [1.165, 1.54) is 0 Å². The van der Waals surface area contributed by atoms with E-state index in [0.29, 0.717) is 39.1 Å². The van der Waals surface area contributed by atoms with Crippen molar-refractivity contribution < 1.29 is 9.59 Å². The van der Waals surface area contributed by atoms with Gasteiger partial charge in [0.15, 0.2) is 0 Å². The van der Waals surface area contributed by atoms with E-state index in [9.17, 15) is 9.59 Å². The Balaban J connectivity index is 0.00000117. The molecule has 0 bridgehead atoms. The average Bonchev–Trinajstić information content (AvgIpc) is 3.49. The van der Waals surface area contributed by atoms with Crippen molar-refractivity contribution in [1.82, 2.24) is 14.8 Å². The van der Waals surface area contributed by atoms with Gasteiger partial charge in [-0.05, 0) is 58.1 Å². The summed E-state index contributed by atoms with van der Waals surface area (Å²) < 4.78 is 0. The number of rotatable bonds is 3. The van der Waals surface area contributed by atoms with Crippen molar-refractivity contribution in [2.45, 2.75) is 61.4 Å². The second-order valence-electron chi connectivity index (χ2n) is 8.25. The van der Waals surface area contributed by atoms with Crippen LogP contribution in [0.5, 0.6) is 0 Å². The molecule has 35 heavy (non-hydrogen) atoms. The normalized spacial score (nSPS) is 17.2. The molecule has 1 atom stereocenters. The van der Waals surface area contributed by atoms with Crippen LogP contribution in [0.4, 0.5) is 11.4 Å². The molecular formula is C27H42ClN5O2. The summed E-state index contributed by atoms with van der Waals surface area (Å²) in [5.41, 5.74) is 11.2. The van der Waals surface area contributed by atoms with Gasteiger partial charge in [-0.2, -0.15) is 0 Å². The third-order valence-electron chi connectivity index (χ3n) is 6.08. The number of anilines is 2. The number of halogens is 1. The first-order valence-corrected chi connectivity index (χ1v) is 12.3. The highest BCUT2D eigenvalue weighted by Crippen LogP contribution is 2.38. The van der Waals surface area contributed by atoms with Crippen molar-refractivity contribution in [1.29, 1.82) is 0 Å². The molecule has 7 nitrogen and oxygen atoms in total. The third-order valence-corrected chi connectivity index (χ3v) is 6.41. The van der Waals surface area contributed by atoms with Crippen molar-refractivity contribution in [3.8, 4) is 0 Å². The molecule has 1 unspecified atom stereocenters. The number of carbonyl (C=O) groups is 2. The molecule has 3 heterocycles. The number of fused-ring (bicyclic) bond motifs is 1. The largest absolute Gasteiger partial charge is 0.398 e. The van der Waals surface area contributed by atoms with Crippen LogP contribution in [0.2, 0.25) is 5.02 Å². The average molecular weight is 504 g/mol. The second-order valence-corrected chi connectivity index (χ2v) is 8.66. The Kier molecular flexibility index (Phi) is 11.1. The quantitative estimate of drug-likeness (QED) is 0.363. The highest BCUT2D eigenvalue weighted by Gasteiger charge is 2.31. The summed E-state index contributed by atoms with van der Waals surface area (Å²) in [6, 6.07) is 3.73. The van der Waals surface area contributed by atoms with E-state index in [1.807, 2.05) is 60.5 Å². The van der Waals surface area contributed by atoms with E-state index in [0.717, 1.165) is 36.5 Å². The molecule has 4 rings (SSSR count). The Morgan fingerprint density at radius 1 is 1.20 bits per heavy atom. The molecule has 2 amide bonds. The number of likely N-dealkylation sites (tertiary alicyclic amines) is 1. The zero-order chi connectivity index (χ0) is 25.7. The lowest BCUT2D eigenvalue weighted by Gasteiger charge is -2.20. The summed E-state index contributed by atoms with van der Waals surface area (Å²) in [5.74, 6) is -0.192. The predicted molar refractivity (Wildman–Crippen MR) is 150 cm³/mol. The van der Waals surface area contributed by atoms with Crippen molar-refractivity contribution >= 4 is 46.4 Å². The molecule has 4 N–H and O–H groups in total. The maximum atomic E-state index is 13.2. The van der Waals surface area contributed by atoms with Crippen molar-refractivity contribution in [2.24, 2.45) is 0 Å². The van der Waals surface area contributed by atoms with Gasteiger partial charge in [-0.1, -0.05) is 46.7 Å². The lowest BCUT2D eigenvalue weighted by atomic mass is 10.0. The first kappa shape index (κ1) is 30.3. The number of aryl methyl sites for hydroxylation is 1. The van der Waals surface area contributed by atoms with Crippen LogP contribution >= 0.6 is 11.6 Å². The highest BCUT2D eigenvalue weighted by atomic mass is 35.5. The number of nitrogens with zero attached hydrogens (tertiary/aromatic N) is 2. The molecule has 1 saturated heterocycles. The molecule has 0 radical (unpaired) electrons. The highest BCUT2D eigenvalue weighted by molar-refractivity contribution is 6.38. The van der Waals surface area contributed by atoms with Crippen LogP contribution in [0.15, 0.2) is 12.1 Å². The fraction of sp³-hybridized carbons (Fsp3) is 0.481. The van der Waals surface area contributed by atoms with Gasteiger partial charge in [-0.3, -0.25) is 9.59 Å². The maximum Gasteiger partial charge on any atom is 0.256 e. The Labute approximate surface area is 215 Å². The molecule has 2 aliphatic heterocycles. The number of nitrogens with two attached hydrogens (primary N) is 1. The SMILES string of the molecule is C.CC.CC.Cc1[nH]c(/C=C2\C(=O)Nc3cc(Cl)c(N)cc32)c(C)c1C(=O)N1CCC(N(C)C)C1. The molecule has 194 valence electrons. The van der Waals surface area contributed by atoms with Gasteiger partial charge in [-0.25, -0.2) is 0 Å². The van der Waals surface area contributed by atoms with Gasteiger partial charge in [-0.15, -0.1) is 0 Å². The van der Waals surface area contributed by atoms with E-state index in [4.69, 9.17) is 17.3 Å². The van der Waals surface area contributed by atoms with Gasteiger partial charge in [0.1, 0.15) is 0 Å². The molecular weight excluding hydrogens is 462 g/mol. The molecule has 8 heteroatoms. The Hall–Kier alpha value is -2.77. The number of carbonyl (C=O) groups excluding carboxylic acids is 2. The molecule has 0 aliphatic carbocycles. The number of H-pyrrole nitrogens is 1. The minimum absolute atomic E-state index is 0. The standard InChI is InChI=1S/C22H26ClN5O2.2C2H6.CH4/c1-11-18(8-15-14-7-17(24)16(23)9-19(14)26-21(15)29)25-12(2)20(11)22(30)28-6-5-13(10-28)27(3)4;2*1-2;/h7-9,13,25H,5-6,10,24H2,1-4H3,(H,26,29);2*1-2H3;1H4/b15-8-;;;. The van der Waals surface area contributed by atoms with Gasteiger partial charge in [0.25, 0.3) is 11.8 Å². The Morgan fingerprint density at radius 2 is 1.83 bits per heavy atom. The number of benzene rings is 1. The van der Waals surface area contributed by atoms with Crippen LogP contribution in [-0.2, 0) is 4.79 Å². The maximum absolute atomic E-state index is 13.2. The van der Waals surface area contributed by atoms with Crippen LogP contribution in [-0.4, -0.2) is 59.8 Å². The van der Waals surface area contributed by atoms with Crippen LogP contribution in [0, 0.1) is 13.8 Å². The van der Waals surface area contributed by atoms with Crippen LogP contribution < -0.4 is 11.1 Å². The predicted octanol–water partition coefficient (Wildman–Crippen LogP) is 5.82. The fourth-order valence-electron chi connectivity index (χ4n) is 4.26. The summed E-state index contributed by atoms with van der Waals surface area (Å²) in [4.78, 5) is 33.1. The van der Waals surface area contributed by atoms with Crippen LogP contribution in [0.3, 0.4) is 0 Å². The van der Waals surface area contributed by atoms with Gasteiger partial charge >= 0.3 is 0 Å². The minimum atomic E-state index is -0.223. The molecule has 1 fully saturated rings. The van der Waals surface area contributed by atoms with E-state index in [2.05, 4.69) is 15.2 Å². The number of hydrogen-bond acceptors (Lipinski definition) is 4. The number of nitrogen functional groups attached to an aromatic ring is 1. The Morgan fingerprint density at radius 3 is 2.40 bits per heavy atom. The number of nitrogens with one attached hydrogen (secondary N) is 2. The number of likely N-dealkylation sites (N-methyl/N-ethyl adjacent to an activating group) is 1. The second kappa shape index (κ2) is 12.8. The molecule has 2 aromatic rings. The zero-order valence-corrected chi connectivity index (χ0v) is 22.4. The molecule has 0 saturated carbocycles. The minimum Gasteiger partial charge on any atom is -0.398 e. The van der Waals surface area contributed by atoms with E-state index >= 15 is 0 Å². The van der Waals surface area contributed by atoms with Gasteiger partial charge in [0.05, 0.1) is 27.5 Å². The van der Waals surface area contributed by atoms with E-state index in [1.54, 1.807) is 18.2 Å². The number of aromatic nitrogens is 1. The lowest BCUT2D eigenvalue weighted by Crippen LogP contribution is -2.34. The summed E-state index contributed by atoms with van der Waals surface area (Å²) in [6.45, 7) is 13.3. The molecule has 0 spiro atoms. The summed E-state index contributed by atoms with van der Waals surface area (Å²) in [5, 5.41) is 3.22. The van der Waals surface area contributed by atoms with E-state index < -0.39 is 0 Å². The topological polar surface area (TPSA) is 94.5 Å². The van der Waals surface area contributed by atoms with Crippen molar-refractivity contribution in [3.05, 3.63) is 45.2 Å². The first-order valence-electron chi connectivity index (χ1n) is 11.9. The summed E-state index contributed by atoms with van der Waals surface area (Å²) in [7, 11) is 4.08. The molecule has 2 aliphatic rings. The van der Waals surface area contributed by atoms with E-state index in [-0.39, 0.29) is 19.2 Å². The molecule has 1 aromatic heterocycles. The number of aromatic amines is 1. The first-order chi connectivity index (χ1) is 16.2. The summed E-state index contributed by atoms with van der Waals surface area (Å²) in [6.07, 6.45) is 2.75. The monoisotopic (exact) mass is 503 g/mol. The van der Waals surface area contributed by atoms with Crippen molar-refractivity contribution in [2.75, 3.05) is 38.2 Å². The van der Waals surface area contributed by atoms with Crippen molar-refractivity contribution in [3.63, 3.8) is 0 Å². The van der Waals surface area contributed by atoms with Crippen LogP contribution in [0.1, 0.15) is 74.4 Å². The molecule has 1 aromatic carbocycles. The lowest BCUT2D eigenvalue weighted by molar-refractivity contribution is -0.110. The third kappa shape index (κ3) is 6.08. The fourth-order valence-corrected chi connectivity index (χ4v) is 4.42. The number of hydrogen-bond donors (Lipinski definition) is 3. The Bertz CT molecular complexity index is 1090. The van der Waals surface area contributed by atoms with Gasteiger partial charge in [0.2, 0.25) is 0 Å².